The lowest BCUT2D eigenvalue weighted by atomic mass is 10.0. The average molecular weight is 317 g/mol. The number of rotatable bonds is 10. The summed E-state index contributed by atoms with van der Waals surface area (Å²) < 4.78 is 0. The Kier molecular flexibility index (Phi) is 8.76. The van der Waals surface area contributed by atoms with Gasteiger partial charge in [0.05, 0.1) is 6.04 Å². The first-order valence-electron chi connectivity index (χ1n) is 6.90. The van der Waals surface area contributed by atoms with Gasteiger partial charge in [0.2, 0.25) is 11.8 Å². The lowest BCUT2D eigenvalue weighted by Gasteiger charge is -2.21. The average Bonchev–Trinajstić information content (AvgIpc) is 2.40. The molecule has 0 fully saturated rings. The van der Waals surface area contributed by atoms with Crippen LogP contribution in [-0.4, -0.2) is 52.6 Å². The monoisotopic (exact) mass is 317 g/mol. The van der Waals surface area contributed by atoms with Crippen molar-refractivity contribution < 1.29 is 29.4 Å². The van der Waals surface area contributed by atoms with E-state index in [0.29, 0.717) is 6.42 Å². The van der Waals surface area contributed by atoms with Crippen LogP contribution in [0.4, 0.5) is 0 Å². The minimum Gasteiger partial charge on any atom is -0.481 e. The fraction of sp³-hybridized carbons (Fsp3) is 0.692. The number of nitrogens with two attached hydrogens (primary N) is 1. The number of carbonyl (C=O) groups excluding carboxylic acids is 2. The molecule has 0 radical (unpaired) electrons. The maximum atomic E-state index is 11.9. The van der Waals surface area contributed by atoms with Crippen LogP contribution in [0.3, 0.4) is 0 Å². The third-order valence-electron chi connectivity index (χ3n) is 2.76. The highest BCUT2D eigenvalue weighted by atomic mass is 16.4. The highest BCUT2D eigenvalue weighted by Crippen LogP contribution is 2.06. The van der Waals surface area contributed by atoms with Crippen LogP contribution in [-0.2, 0) is 19.2 Å². The van der Waals surface area contributed by atoms with Crippen molar-refractivity contribution >= 4 is 23.8 Å². The van der Waals surface area contributed by atoms with Gasteiger partial charge in [-0.1, -0.05) is 13.8 Å². The van der Waals surface area contributed by atoms with E-state index in [2.05, 4.69) is 10.6 Å². The summed E-state index contributed by atoms with van der Waals surface area (Å²) in [5.74, 6) is -3.44. The Bertz CT molecular complexity index is 424. The topological polar surface area (TPSA) is 159 Å². The number of amides is 2. The normalized spacial score (nSPS) is 13.3. The van der Waals surface area contributed by atoms with Crippen LogP contribution in [0, 0.1) is 5.92 Å². The van der Waals surface area contributed by atoms with Crippen LogP contribution in [0.25, 0.3) is 0 Å². The summed E-state index contributed by atoms with van der Waals surface area (Å²) in [6.07, 6.45) is 0.00377. The molecule has 0 aliphatic heterocycles. The van der Waals surface area contributed by atoms with Gasteiger partial charge in [0, 0.05) is 6.42 Å². The van der Waals surface area contributed by atoms with E-state index in [4.69, 9.17) is 15.9 Å². The summed E-state index contributed by atoms with van der Waals surface area (Å²) >= 11 is 0. The second-order valence-corrected chi connectivity index (χ2v) is 5.34. The van der Waals surface area contributed by atoms with Gasteiger partial charge < -0.3 is 26.6 Å². The zero-order valence-corrected chi connectivity index (χ0v) is 12.7. The predicted molar refractivity (Wildman–Crippen MR) is 76.9 cm³/mol. The third-order valence-corrected chi connectivity index (χ3v) is 2.76. The lowest BCUT2D eigenvalue weighted by molar-refractivity contribution is -0.138. The summed E-state index contributed by atoms with van der Waals surface area (Å²) in [6, 6.07) is -1.96. The quantitative estimate of drug-likeness (QED) is 0.342. The molecule has 0 rings (SSSR count). The summed E-state index contributed by atoms with van der Waals surface area (Å²) in [5, 5.41) is 21.7. The van der Waals surface area contributed by atoms with Crippen LogP contribution < -0.4 is 16.4 Å². The Balaban J connectivity index is 4.62. The van der Waals surface area contributed by atoms with Gasteiger partial charge in [0.1, 0.15) is 12.6 Å². The molecule has 2 atom stereocenters. The highest BCUT2D eigenvalue weighted by molar-refractivity contribution is 5.91. The maximum Gasteiger partial charge on any atom is 0.322 e. The molecule has 0 aliphatic rings. The second kappa shape index (κ2) is 9.72. The van der Waals surface area contributed by atoms with Crippen molar-refractivity contribution in [2.45, 2.75) is 45.2 Å². The molecule has 2 amide bonds. The van der Waals surface area contributed by atoms with Gasteiger partial charge in [-0.15, -0.1) is 0 Å². The molecule has 9 nitrogen and oxygen atoms in total. The van der Waals surface area contributed by atoms with Crippen molar-refractivity contribution in [1.29, 1.82) is 0 Å². The fourth-order valence-corrected chi connectivity index (χ4v) is 1.68. The van der Waals surface area contributed by atoms with Gasteiger partial charge in [-0.25, -0.2) is 0 Å². The second-order valence-electron chi connectivity index (χ2n) is 5.34. The molecular weight excluding hydrogens is 294 g/mol. The molecule has 0 bridgehead atoms. The Morgan fingerprint density at radius 3 is 2.09 bits per heavy atom. The van der Waals surface area contributed by atoms with Crippen molar-refractivity contribution in [1.82, 2.24) is 10.6 Å². The molecule has 6 N–H and O–H groups in total. The molecule has 0 aliphatic carbocycles. The SMILES string of the molecule is CC(C)CC(NC(=O)C(N)CCC(=O)O)C(=O)NCC(=O)O. The Labute approximate surface area is 128 Å². The maximum absolute atomic E-state index is 11.9. The predicted octanol–water partition coefficient (Wildman–Crippen LogP) is -1.09. The molecule has 0 spiro atoms. The molecule has 0 aromatic carbocycles. The van der Waals surface area contributed by atoms with Crippen molar-refractivity contribution in [3.63, 3.8) is 0 Å². The van der Waals surface area contributed by atoms with Gasteiger partial charge in [-0.3, -0.25) is 19.2 Å². The molecule has 0 aromatic rings. The van der Waals surface area contributed by atoms with E-state index >= 15 is 0 Å². The number of hydrogen-bond donors (Lipinski definition) is 5. The number of carboxylic acids is 2. The first-order chi connectivity index (χ1) is 10.1. The number of nitrogens with one attached hydrogen (secondary N) is 2. The van der Waals surface area contributed by atoms with Crippen molar-refractivity contribution in [3.8, 4) is 0 Å². The first-order valence-corrected chi connectivity index (χ1v) is 6.90. The van der Waals surface area contributed by atoms with E-state index in [-0.39, 0.29) is 18.8 Å². The van der Waals surface area contributed by atoms with Gasteiger partial charge >= 0.3 is 11.9 Å². The largest absolute Gasteiger partial charge is 0.481 e. The van der Waals surface area contributed by atoms with Crippen molar-refractivity contribution in [2.24, 2.45) is 11.7 Å². The zero-order chi connectivity index (χ0) is 17.3. The van der Waals surface area contributed by atoms with Crippen LogP contribution >= 0.6 is 0 Å². The van der Waals surface area contributed by atoms with E-state index < -0.39 is 42.4 Å². The summed E-state index contributed by atoms with van der Waals surface area (Å²) in [5.41, 5.74) is 5.57. The molecule has 0 saturated carbocycles. The lowest BCUT2D eigenvalue weighted by Crippen LogP contribution is -2.52. The van der Waals surface area contributed by atoms with E-state index in [1.165, 1.54) is 0 Å². The molecule has 0 saturated heterocycles. The minimum absolute atomic E-state index is 0.0493. The first kappa shape index (κ1) is 19.8. The smallest absolute Gasteiger partial charge is 0.322 e. The summed E-state index contributed by atoms with van der Waals surface area (Å²) in [6.45, 7) is 3.14. The standard InChI is InChI=1S/C13H23N3O6/c1-7(2)5-9(13(22)15-6-11(19)20)16-12(21)8(14)3-4-10(17)18/h7-9H,3-6,14H2,1-2H3,(H,15,22)(H,16,21)(H,17,18)(H,19,20). The summed E-state index contributed by atoms with van der Waals surface area (Å²) in [7, 11) is 0. The third kappa shape index (κ3) is 8.90. The van der Waals surface area contributed by atoms with Crippen LogP contribution in [0.15, 0.2) is 0 Å². The molecule has 0 heterocycles. The molecule has 9 heteroatoms. The Morgan fingerprint density at radius 2 is 1.64 bits per heavy atom. The van der Waals surface area contributed by atoms with Gasteiger partial charge in [-0.2, -0.15) is 0 Å². The van der Waals surface area contributed by atoms with Gasteiger partial charge in [0.15, 0.2) is 0 Å². The van der Waals surface area contributed by atoms with Crippen LogP contribution in [0.5, 0.6) is 0 Å². The summed E-state index contributed by atoms with van der Waals surface area (Å²) in [4.78, 5) is 44.6. The number of aliphatic carboxylic acids is 2. The van der Waals surface area contributed by atoms with Crippen LogP contribution in [0.2, 0.25) is 0 Å². The molecule has 22 heavy (non-hydrogen) atoms. The van der Waals surface area contributed by atoms with Gasteiger partial charge in [0.25, 0.3) is 0 Å². The Morgan fingerprint density at radius 1 is 1.05 bits per heavy atom. The van der Waals surface area contributed by atoms with Gasteiger partial charge in [-0.05, 0) is 18.8 Å². The zero-order valence-electron chi connectivity index (χ0n) is 12.7. The molecule has 126 valence electrons. The molecule has 2 unspecified atom stereocenters. The van der Waals surface area contributed by atoms with E-state index in [0.717, 1.165) is 0 Å². The molecule has 0 aromatic heterocycles. The van der Waals surface area contributed by atoms with Crippen molar-refractivity contribution in [2.75, 3.05) is 6.54 Å². The Hall–Kier alpha value is -2.16. The highest BCUT2D eigenvalue weighted by Gasteiger charge is 2.25. The number of hydrogen-bond acceptors (Lipinski definition) is 5. The van der Waals surface area contributed by atoms with Crippen molar-refractivity contribution in [3.05, 3.63) is 0 Å². The number of carboxylic acid groups (broad SMARTS) is 2. The van der Waals surface area contributed by atoms with E-state index in [9.17, 15) is 19.2 Å². The van der Waals surface area contributed by atoms with E-state index in [1.807, 2.05) is 13.8 Å². The van der Waals surface area contributed by atoms with E-state index in [1.54, 1.807) is 0 Å². The number of carbonyl (C=O) groups is 4. The fourth-order valence-electron chi connectivity index (χ4n) is 1.68. The van der Waals surface area contributed by atoms with Crippen LogP contribution in [0.1, 0.15) is 33.1 Å². The molecular formula is C13H23N3O6. The minimum atomic E-state index is -1.19.